The Hall–Kier alpha value is -4.61. The molecule has 1 fully saturated rings. The lowest BCUT2D eigenvalue weighted by Crippen LogP contribution is -2.28. The molecule has 1 saturated heterocycles. The highest BCUT2D eigenvalue weighted by molar-refractivity contribution is 8.18. The number of ether oxygens (including phenoxy) is 1. The van der Waals surface area contributed by atoms with E-state index < -0.39 is 0 Å². The maximum atomic E-state index is 13.7. The lowest BCUT2D eigenvalue weighted by Gasteiger charge is -2.15. The monoisotopic (exact) mass is 540 g/mol. The van der Waals surface area contributed by atoms with Crippen molar-refractivity contribution in [3.05, 3.63) is 148 Å². The number of nitrogens with zero attached hydrogens (tertiary/aromatic N) is 2. The molecule has 1 amide bonds. The zero-order valence-electron chi connectivity index (χ0n) is 22.2. The van der Waals surface area contributed by atoms with Crippen LogP contribution in [-0.4, -0.2) is 16.0 Å². The van der Waals surface area contributed by atoms with E-state index in [1.165, 1.54) is 28.1 Å². The van der Waals surface area contributed by atoms with Gasteiger partial charge in [0.25, 0.3) is 5.91 Å². The highest BCUT2D eigenvalue weighted by atomic mass is 32.2. The molecule has 5 heteroatoms. The number of amidine groups is 1. The van der Waals surface area contributed by atoms with Gasteiger partial charge in [0.05, 0.1) is 17.1 Å². The first-order chi connectivity index (χ1) is 19.6. The summed E-state index contributed by atoms with van der Waals surface area (Å²) < 4.78 is 6.32. The number of benzene rings is 5. The van der Waals surface area contributed by atoms with E-state index >= 15 is 0 Å². The predicted molar refractivity (Wildman–Crippen MR) is 166 cm³/mol. The molecule has 0 aromatic heterocycles. The number of para-hydroxylation sites is 1. The van der Waals surface area contributed by atoms with E-state index in [1.54, 1.807) is 4.90 Å². The third-order valence-electron chi connectivity index (χ3n) is 6.80. The van der Waals surface area contributed by atoms with Crippen molar-refractivity contribution in [1.82, 2.24) is 4.90 Å². The minimum atomic E-state index is -0.0661. The van der Waals surface area contributed by atoms with Crippen molar-refractivity contribution in [2.75, 3.05) is 0 Å². The van der Waals surface area contributed by atoms with Crippen LogP contribution in [0.25, 0.3) is 16.8 Å². The molecule has 1 aliphatic rings. The molecule has 4 nitrogen and oxygen atoms in total. The van der Waals surface area contributed by atoms with Crippen LogP contribution in [0.3, 0.4) is 0 Å². The Morgan fingerprint density at radius 2 is 1.52 bits per heavy atom. The Labute approximate surface area is 238 Å². The Morgan fingerprint density at radius 1 is 0.800 bits per heavy atom. The third-order valence-corrected chi connectivity index (χ3v) is 7.81. The first kappa shape index (κ1) is 25.7. The molecule has 0 spiro atoms. The quantitative estimate of drug-likeness (QED) is 0.194. The first-order valence-corrected chi connectivity index (χ1v) is 14.0. The second kappa shape index (κ2) is 11.6. The summed E-state index contributed by atoms with van der Waals surface area (Å²) in [4.78, 5) is 20.9. The Morgan fingerprint density at radius 3 is 2.38 bits per heavy atom. The molecule has 0 bridgehead atoms. The number of thioether (sulfide) groups is 1. The normalized spacial score (nSPS) is 15.3. The molecule has 6 rings (SSSR count). The van der Waals surface area contributed by atoms with Gasteiger partial charge in [0, 0.05) is 5.56 Å². The highest BCUT2D eigenvalue weighted by Gasteiger charge is 2.33. The molecule has 0 saturated carbocycles. The predicted octanol–water partition coefficient (Wildman–Crippen LogP) is 8.53. The molecule has 0 radical (unpaired) electrons. The zero-order valence-corrected chi connectivity index (χ0v) is 23.0. The second-order valence-corrected chi connectivity index (χ2v) is 10.7. The SMILES string of the molecule is Cc1ccc(N=C2S/C(=C/c3ccccc3OCc3cccc4ccccc34)C(=O)N2Cc2ccccc2)cc1. The summed E-state index contributed by atoms with van der Waals surface area (Å²) in [6.07, 6.45) is 1.92. The number of hydrogen-bond acceptors (Lipinski definition) is 4. The van der Waals surface area contributed by atoms with Gasteiger partial charge in [-0.25, -0.2) is 4.99 Å². The number of fused-ring (bicyclic) bond motifs is 1. The highest BCUT2D eigenvalue weighted by Crippen LogP contribution is 2.36. The zero-order chi connectivity index (χ0) is 27.3. The minimum absolute atomic E-state index is 0.0661. The first-order valence-electron chi connectivity index (χ1n) is 13.2. The van der Waals surface area contributed by atoms with E-state index in [-0.39, 0.29) is 5.91 Å². The molecular formula is C35H28N2O2S. The van der Waals surface area contributed by atoms with E-state index in [4.69, 9.17) is 9.73 Å². The van der Waals surface area contributed by atoms with Crippen LogP contribution in [-0.2, 0) is 17.9 Å². The summed E-state index contributed by atoms with van der Waals surface area (Å²) >= 11 is 1.40. The van der Waals surface area contributed by atoms with Crippen LogP contribution >= 0.6 is 11.8 Å². The van der Waals surface area contributed by atoms with Crippen LogP contribution in [0.1, 0.15) is 22.3 Å². The third kappa shape index (κ3) is 5.70. The molecule has 0 atom stereocenters. The van der Waals surface area contributed by atoms with E-state index in [0.29, 0.717) is 23.2 Å². The van der Waals surface area contributed by atoms with Crippen LogP contribution in [0.2, 0.25) is 0 Å². The molecule has 196 valence electrons. The fourth-order valence-electron chi connectivity index (χ4n) is 4.67. The number of hydrogen-bond donors (Lipinski definition) is 0. The summed E-state index contributed by atoms with van der Waals surface area (Å²) in [5.74, 6) is 0.665. The van der Waals surface area contributed by atoms with E-state index in [9.17, 15) is 4.79 Å². The van der Waals surface area contributed by atoms with Gasteiger partial charge in [0.15, 0.2) is 5.17 Å². The van der Waals surface area contributed by atoms with Gasteiger partial charge in [-0.05, 0) is 64.9 Å². The minimum Gasteiger partial charge on any atom is -0.488 e. The number of rotatable bonds is 7. The molecule has 1 aliphatic heterocycles. The second-order valence-electron chi connectivity index (χ2n) is 9.68. The van der Waals surface area contributed by atoms with Crippen LogP contribution < -0.4 is 4.74 Å². The lowest BCUT2D eigenvalue weighted by atomic mass is 10.1. The van der Waals surface area contributed by atoms with Crippen molar-refractivity contribution in [2.45, 2.75) is 20.1 Å². The molecular weight excluding hydrogens is 512 g/mol. The maximum absolute atomic E-state index is 13.7. The van der Waals surface area contributed by atoms with Gasteiger partial charge in [0.2, 0.25) is 0 Å². The molecule has 5 aromatic rings. The molecule has 40 heavy (non-hydrogen) atoms. The van der Waals surface area contributed by atoms with E-state index in [2.05, 4.69) is 30.3 Å². The Bertz CT molecular complexity index is 1720. The summed E-state index contributed by atoms with van der Waals surface area (Å²) in [6.45, 7) is 2.93. The van der Waals surface area contributed by atoms with Crippen LogP contribution in [0.4, 0.5) is 5.69 Å². The van der Waals surface area contributed by atoms with Gasteiger partial charge in [0.1, 0.15) is 12.4 Å². The molecule has 0 aliphatic carbocycles. The molecule has 0 N–H and O–H groups in total. The number of carbonyl (C=O) groups excluding carboxylic acids is 1. The van der Waals surface area contributed by atoms with Crippen molar-refractivity contribution in [1.29, 1.82) is 0 Å². The summed E-state index contributed by atoms with van der Waals surface area (Å²) in [6, 6.07) is 40.4. The van der Waals surface area contributed by atoms with Crippen molar-refractivity contribution < 1.29 is 9.53 Å². The number of amides is 1. The summed E-state index contributed by atoms with van der Waals surface area (Å²) in [5, 5.41) is 3.03. The number of carbonyl (C=O) groups is 1. The average Bonchev–Trinajstić information content (AvgIpc) is 3.27. The fraction of sp³-hybridized carbons (Fsp3) is 0.0857. The van der Waals surface area contributed by atoms with Gasteiger partial charge in [-0.1, -0.05) is 109 Å². The summed E-state index contributed by atoms with van der Waals surface area (Å²) in [5.41, 5.74) is 5.01. The molecule has 0 unspecified atom stereocenters. The molecule has 1 heterocycles. The van der Waals surface area contributed by atoms with Gasteiger partial charge < -0.3 is 4.74 Å². The van der Waals surface area contributed by atoms with Crippen molar-refractivity contribution in [3.8, 4) is 5.75 Å². The van der Waals surface area contributed by atoms with Gasteiger partial charge in [-0.2, -0.15) is 0 Å². The van der Waals surface area contributed by atoms with Crippen LogP contribution in [0, 0.1) is 6.92 Å². The molecule has 5 aromatic carbocycles. The van der Waals surface area contributed by atoms with Gasteiger partial charge >= 0.3 is 0 Å². The lowest BCUT2D eigenvalue weighted by molar-refractivity contribution is -0.122. The fourth-order valence-corrected chi connectivity index (χ4v) is 5.66. The van der Waals surface area contributed by atoms with Crippen LogP contribution in [0.15, 0.2) is 131 Å². The van der Waals surface area contributed by atoms with Crippen LogP contribution in [0.5, 0.6) is 5.75 Å². The van der Waals surface area contributed by atoms with Gasteiger partial charge in [-0.15, -0.1) is 0 Å². The van der Waals surface area contributed by atoms with Crippen molar-refractivity contribution in [2.24, 2.45) is 4.99 Å². The number of aliphatic imine (C=N–C) groups is 1. The largest absolute Gasteiger partial charge is 0.488 e. The number of aryl methyl sites for hydroxylation is 1. The topological polar surface area (TPSA) is 41.9 Å². The Balaban J connectivity index is 1.30. The Kier molecular flexibility index (Phi) is 7.47. The smallest absolute Gasteiger partial charge is 0.267 e. The van der Waals surface area contributed by atoms with Gasteiger partial charge in [-0.3, -0.25) is 9.69 Å². The standard InChI is InChI=1S/C35H28N2O2S/c1-25-18-20-30(21-19-25)36-35-37(23-26-10-3-2-4-11-26)34(38)33(40-35)22-28-13-6-8-17-32(28)39-24-29-15-9-14-27-12-5-7-16-31(27)29/h2-22H,23-24H2,1H3/b33-22+,36-35?. The van der Waals surface area contributed by atoms with E-state index in [0.717, 1.165) is 28.1 Å². The average molecular weight is 541 g/mol. The summed E-state index contributed by atoms with van der Waals surface area (Å²) in [7, 11) is 0. The van der Waals surface area contributed by atoms with Crippen molar-refractivity contribution >= 4 is 45.4 Å². The maximum Gasteiger partial charge on any atom is 0.267 e. The van der Waals surface area contributed by atoms with Crippen molar-refractivity contribution in [3.63, 3.8) is 0 Å². The van der Waals surface area contributed by atoms with E-state index in [1.807, 2.05) is 104 Å².